The van der Waals surface area contributed by atoms with Crippen LogP contribution in [0.2, 0.25) is 0 Å². The van der Waals surface area contributed by atoms with Gasteiger partial charge in [0.1, 0.15) is 5.84 Å². The SMILES string of the molecule is CC(C(=O)NCc1cccc(C(=N)N)c1)c1ccc(-c2ccccc2S(N)(=O)=O)cc1. The van der Waals surface area contributed by atoms with Crippen LogP contribution in [0.15, 0.2) is 77.7 Å². The van der Waals surface area contributed by atoms with Gasteiger partial charge in [-0.2, -0.15) is 0 Å². The molecule has 31 heavy (non-hydrogen) atoms. The summed E-state index contributed by atoms with van der Waals surface area (Å²) in [7, 11) is -3.85. The van der Waals surface area contributed by atoms with Crippen molar-refractivity contribution in [2.45, 2.75) is 24.3 Å². The molecule has 0 aliphatic heterocycles. The molecule has 0 aromatic heterocycles. The average molecular weight is 437 g/mol. The maximum atomic E-state index is 12.6. The van der Waals surface area contributed by atoms with Crippen LogP contribution in [0.1, 0.15) is 29.5 Å². The molecule has 3 rings (SSSR count). The van der Waals surface area contributed by atoms with Gasteiger partial charge in [-0.3, -0.25) is 10.2 Å². The van der Waals surface area contributed by atoms with Gasteiger partial charge < -0.3 is 11.1 Å². The molecule has 0 aliphatic carbocycles. The third kappa shape index (κ3) is 5.36. The number of carbonyl (C=O) groups is 1. The summed E-state index contributed by atoms with van der Waals surface area (Å²) in [5.41, 5.74) is 8.97. The standard InChI is InChI=1S/C23H24N4O3S/c1-15(23(28)27-14-16-5-4-6-19(13-16)22(24)25)17-9-11-18(12-10-17)20-7-2-3-8-21(20)31(26,29)30/h2-13,15H,14H2,1H3,(H3,24,25)(H,27,28)(H2,26,29,30). The van der Waals surface area contributed by atoms with Crippen LogP contribution in [0, 0.1) is 5.41 Å². The molecule has 0 aliphatic rings. The highest BCUT2D eigenvalue weighted by atomic mass is 32.2. The maximum absolute atomic E-state index is 12.6. The van der Waals surface area contributed by atoms with Gasteiger partial charge in [0.05, 0.1) is 10.8 Å². The Morgan fingerprint density at radius 1 is 1.03 bits per heavy atom. The Balaban J connectivity index is 1.72. The van der Waals surface area contributed by atoms with Crippen molar-refractivity contribution in [3.63, 3.8) is 0 Å². The summed E-state index contributed by atoms with van der Waals surface area (Å²) < 4.78 is 23.7. The summed E-state index contributed by atoms with van der Waals surface area (Å²) in [4.78, 5) is 12.7. The lowest BCUT2D eigenvalue weighted by Crippen LogP contribution is -2.27. The smallest absolute Gasteiger partial charge is 0.238 e. The minimum absolute atomic E-state index is 0.0226. The zero-order chi connectivity index (χ0) is 22.6. The molecule has 1 unspecified atom stereocenters. The van der Waals surface area contributed by atoms with E-state index in [2.05, 4.69) is 5.32 Å². The van der Waals surface area contributed by atoms with Crippen molar-refractivity contribution in [3.8, 4) is 11.1 Å². The van der Waals surface area contributed by atoms with E-state index in [0.29, 0.717) is 23.2 Å². The van der Waals surface area contributed by atoms with Crippen LogP contribution in [0.4, 0.5) is 0 Å². The van der Waals surface area contributed by atoms with Gasteiger partial charge in [-0.1, -0.05) is 60.7 Å². The van der Waals surface area contributed by atoms with E-state index in [-0.39, 0.29) is 16.6 Å². The average Bonchev–Trinajstić information content (AvgIpc) is 2.76. The monoisotopic (exact) mass is 436 g/mol. The van der Waals surface area contributed by atoms with Crippen molar-refractivity contribution in [2.75, 3.05) is 0 Å². The molecule has 0 saturated carbocycles. The molecule has 160 valence electrons. The van der Waals surface area contributed by atoms with E-state index in [1.165, 1.54) is 6.07 Å². The maximum Gasteiger partial charge on any atom is 0.238 e. The summed E-state index contributed by atoms with van der Waals surface area (Å²) in [6, 6.07) is 20.8. The van der Waals surface area contributed by atoms with Crippen LogP contribution in [0.5, 0.6) is 0 Å². The van der Waals surface area contributed by atoms with Crippen LogP contribution in [0.25, 0.3) is 11.1 Å². The Bertz CT molecular complexity index is 1220. The second-order valence-corrected chi connectivity index (χ2v) is 8.75. The fraction of sp³-hybridized carbons (Fsp3) is 0.130. The summed E-state index contributed by atoms with van der Waals surface area (Å²) in [6.45, 7) is 2.12. The summed E-state index contributed by atoms with van der Waals surface area (Å²) in [5.74, 6) is -0.574. The number of carbonyl (C=O) groups excluding carboxylic acids is 1. The number of nitrogen functional groups attached to an aromatic ring is 1. The minimum atomic E-state index is -3.85. The lowest BCUT2D eigenvalue weighted by molar-refractivity contribution is -0.122. The normalized spacial score (nSPS) is 12.2. The van der Waals surface area contributed by atoms with Crippen molar-refractivity contribution in [1.82, 2.24) is 5.32 Å². The van der Waals surface area contributed by atoms with Crippen molar-refractivity contribution in [1.29, 1.82) is 5.41 Å². The van der Waals surface area contributed by atoms with Gasteiger partial charge in [0.25, 0.3) is 0 Å². The van der Waals surface area contributed by atoms with E-state index in [9.17, 15) is 13.2 Å². The van der Waals surface area contributed by atoms with E-state index in [0.717, 1.165) is 11.1 Å². The van der Waals surface area contributed by atoms with Crippen molar-refractivity contribution < 1.29 is 13.2 Å². The van der Waals surface area contributed by atoms with Gasteiger partial charge in [0.15, 0.2) is 0 Å². The summed E-state index contributed by atoms with van der Waals surface area (Å²) in [6.07, 6.45) is 0. The molecular formula is C23H24N4O3S. The first-order valence-corrected chi connectivity index (χ1v) is 11.1. The van der Waals surface area contributed by atoms with Gasteiger partial charge in [0, 0.05) is 17.7 Å². The van der Waals surface area contributed by atoms with Crippen LogP contribution in [0.3, 0.4) is 0 Å². The number of primary sulfonamides is 1. The van der Waals surface area contributed by atoms with Crippen LogP contribution < -0.4 is 16.2 Å². The molecule has 3 aromatic rings. The van der Waals surface area contributed by atoms with E-state index in [1.54, 1.807) is 67.6 Å². The summed E-state index contributed by atoms with van der Waals surface area (Å²) in [5, 5.41) is 15.7. The zero-order valence-corrected chi connectivity index (χ0v) is 17.8. The zero-order valence-electron chi connectivity index (χ0n) is 17.0. The molecule has 0 saturated heterocycles. The van der Waals surface area contributed by atoms with Crippen LogP contribution in [-0.2, 0) is 21.4 Å². The fourth-order valence-corrected chi connectivity index (χ4v) is 4.01. The minimum Gasteiger partial charge on any atom is -0.384 e. The third-order valence-electron chi connectivity index (χ3n) is 5.01. The number of hydrogen-bond acceptors (Lipinski definition) is 4. The summed E-state index contributed by atoms with van der Waals surface area (Å²) >= 11 is 0. The van der Waals surface area contributed by atoms with Gasteiger partial charge in [0.2, 0.25) is 15.9 Å². The molecule has 7 nitrogen and oxygen atoms in total. The molecule has 0 spiro atoms. The van der Waals surface area contributed by atoms with E-state index in [4.69, 9.17) is 16.3 Å². The predicted molar refractivity (Wildman–Crippen MR) is 121 cm³/mol. The Hall–Kier alpha value is -3.49. The molecule has 0 heterocycles. The van der Waals surface area contributed by atoms with Crippen molar-refractivity contribution >= 4 is 21.8 Å². The Morgan fingerprint density at radius 3 is 2.35 bits per heavy atom. The Kier molecular flexibility index (Phi) is 6.53. The van der Waals surface area contributed by atoms with Crippen LogP contribution >= 0.6 is 0 Å². The van der Waals surface area contributed by atoms with Crippen molar-refractivity contribution in [2.24, 2.45) is 10.9 Å². The van der Waals surface area contributed by atoms with E-state index < -0.39 is 15.9 Å². The fourth-order valence-electron chi connectivity index (χ4n) is 3.25. The highest BCUT2D eigenvalue weighted by Crippen LogP contribution is 2.28. The van der Waals surface area contributed by atoms with Gasteiger partial charge >= 0.3 is 0 Å². The number of amides is 1. The number of nitrogens with two attached hydrogens (primary N) is 2. The highest BCUT2D eigenvalue weighted by molar-refractivity contribution is 7.89. The van der Waals surface area contributed by atoms with E-state index in [1.807, 2.05) is 6.07 Å². The lowest BCUT2D eigenvalue weighted by atomic mass is 9.97. The second-order valence-electron chi connectivity index (χ2n) is 7.22. The molecule has 0 radical (unpaired) electrons. The molecule has 8 heteroatoms. The van der Waals surface area contributed by atoms with E-state index >= 15 is 0 Å². The third-order valence-corrected chi connectivity index (χ3v) is 5.98. The molecular weight excluding hydrogens is 412 g/mol. The van der Waals surface area contributed by atoms with Crippen molar-refractivity contribution in [3.05, 3.63) is 89.5 Å². The van der Waals surface area contributed by atoms with Crippen LogP contribution in [-0.4, -0.2) is 20.2 Å². The molecule has 3 aromatic carbocycles. The quantitative estimate of drug-likeness (QED) is 0.334. The molecule has 6 N–H and O–H groups in total. The number of rotatable bonds is 7. The highest BCUT2D eigenvalue weighted by Gasteiger charge is 2.17. The Labute approximate surface area is 181 Å². The largest absolute Gasteiger partial charge is 0.384 e. The molecule has 0 fully saturated rings. The van der Waals surface area contributed by atoms with Gasteiger partial charge in [-0.05, 0) is 35.7 Å². The first-order chi connectivity index (χ1) is 14.7. The first-order valence-electron chi connectivity index (χ1n) is 9.60. The van der Waals surface area contributed by atoms with Gasteiger partial charge in [-0.25, -0.2) is 13.6 Å². The Morgan fingerprint density at radius 2 is 1.71 bits per heavy atom. The first kappa shape index (κ1) is 22.2. The second kappa shape index (κ2) is 9.11. The lowest BCUT2D eigenvalue weighted by Gasteiger charge is -2.14. The number of amidine groups is 1. The number of sulfonamides is 1. The number of nitrogens with one attached hydrogen (secondary N) is 2. The molecule has 1 amide bonds. The molecule has 0 bridgehead atoms. The van der Waals surface area contributed by atoms with Gasteiger partial charge in [-0.15, -0.1) is 0 Å². The number of hydrogen-bond donors (Lipinski definition) is 4. The predicted octanol–water partition coefficient (Wildman–Crippen LogP) is 2.70. The molecule has 1 atom stereocenters. The number of benzene rings is 3. The topological polar surface area (TPSA) is 139 Å².